The van der Waals surface area contributed by atoms with Gasteiger partial charge in [-0.15, -0.1) is 0 Å². The first-order valence-corrected chi connectivity index (χ1v) is 4.12. The third-order valence-electron chi connectivity index (χ3n) is 2.16. The van der Waals surface area contributed by atoms with Gasteiger partial charge in [0.15, 0.2) is 0 Å². The average Bonchev–Trinajstić information content (AvgIpc) is 1.88. The molecule has 0 radical (unpaired) electrons. The molecule has 1 heterocycles. The Morgan fingerprint density at radius 3 is 2.60 bits per heavy atom. The van der Waals surface area contributed by atoms with E-state index >= 15 is 0 Å². The topological polar surface area (TPSA) is 23.5 Å². The predicted molar refractivity (Wildman–Crippen MR) is 41.9 cm³/mol. The van der Waals surface area contributed by atoms with Crippen molar-refractivity contribution in [2.75, 3.05) is 13.1 Å². The number of hydrogen-bond acceptors (Lipinski definition) is 2. The van der Waals surface area contributed by atoms with Gasteiger partial charge in [-0.05, 0) is 33.2 Å². The Balaban J connectivity index is 2.32. The molecule has 1 N–H and O–H groups in total. The maximum atomic E-state index is 9.29. The third-order valence-corrected chi connectivity index (χ3v) is 2.16. The number of likely N-dealkylation sites (tertiary alicyclic amines) is 1. The molecule has 1 saturated heterocycles. The number of rotatable bonds is 1. The molecule has 60 valence electrons. The molecule has 0 aromatic carbocycles. The fraction of sp³-hybridized carbons (Fsp3) is 1.00. The second-order valence-electron chi connectivity index (χ2n) is 3.38. The summed E-state index contributed by atoms with van der Waals surface area (Å²) in [4.78, 5) is 2.33. The maximum absolute atomic E-state index is 9.29. The smallest absolute Gasteiger partial charge is 0.0667 e. The Labute approximate surface area is 62.8 Å². The molecule has 0 aliphatic carbocycles. The van der Waals surface area contributed by atoms with Gasteiger partial charge in [-0.1, -0.05) is 0 Å². The van der Waals surface area contributed by atoms with Gasteiger partial charge in [0.25, 0.3) is 0 Å². The molecule has 0 aromatic rings. The molecule has 10 heavy (non-hydrogen) atoms. The zero-order valence-corrected chi connectivity index (χ0v) is 6.88. The zero-order valence-electron chi connectivity index (χ0n) is 6.88. The van der Waals surface area contributed by atoms with Crippen molar-refractivity contribution in [2.24, 2.45) is 0 Å². The molecule has 0 spiro atoms. The van der Waals surface area contributed by atoms with Crippen LogP contribution in [0.3, 0.4) is 0 Å². The standard InChI is InChI=1S/C8H17NO/c1-7(2)9-5-3-4-8(10)6-9/h7-8,10H,3-6H2,1-2H3. The average molecular weight is 143 g/mol. The summed E-state index contributed by atoms with van der Waals surface area (Å²) in [6, 6.07) is 0.593. The zero-order chi connectivity index (χ0) is 7.56. The summed E-state index contributed by atoms with van der Waals surface area (Å²) in [7, 11) is 0. The van der Waals surface area contributed by atoms with E-state index in [9.17, 15) is 5.11 Å². The van der Waals surface area contributed by atoms with Gasteiger partial charge in [0, 0.05) is 12.6 Å². The van der Waals surface area contributed by atoms with Crippen molar-refractivity contribution in [3.05, 3.63) is 0 Å². The van der Waals surface area contributed by atoms with Crippen LogP contribution in [-0.2, 0) is 0 Å². The first kappa shape index (κ1) is 8.02. The van der Waals surface area contributed by atoms with E-state index in [4.69, 9.17) is 0 Å². The molecule has 0 aromatic heterocycles. The normalized spacial score (nSPS) is 29.4. The molecule has 1 fully saturated rings. The highest BCUT2D eigenvalue weighted by molar-refractivity contribution is 4.73. The Bertz CT molecular complexity index is 103. The highest BCUT2D eigenvalue weighted by atomic mass is 16.3. The van der Waals surface area contributed by atoms with E-state index in [0.29, 0.717) is 6.04 Å². The maximum Gasteiger partial charge on any atom is 0.0667 e. The van der Waals surface area contributed by atoms with Gasteiger partial charge in [0.05, 0.1) is 6.10 Å². The number of nitrogens with zero attached hydrogens (tertiary/aromatic N) is 1. The summed E-state index contributed by atoms with van der Waals surface area (Å²) in [5.41, 5.74) is 0. The molecule has 1 rings (SSSR count). The number of hydrogen-bond donors (Lipinski definition) is 1. The van der Waals surface area contributed by atoms with Crippen molar-refractivity contribution >= 4 is 0 Å². The summed E-state index contributed by atoms with van der Waals surface area (Å²) in [5, 5.41) is 9.29. The van der Waals surface area contributed by atoms with Crippen LogP contribution in [0.15, 0.2) is 0 Å². The molecule has 2 nitrogen and oxygen atoms in total. The number of β-amino-alcohol motifs (C(OH)–C–C–N with tert-alkyl or cyclic N) is 1. The molecule has 0 amide bonds. The van der Waals surface area contributed by atoms with Crippen molar-refractivity contribution in [1.29, 1.82) is 0 Å². The quantitative estimate of drug-likeness (QED) is 0.588. The lowest BCUT2D eigenvalue weighted by molar-refractivity contribution is 0.0547. The van der Waals surface area contributed by atoms with Gasteiger partial charge in [-0.3, -0.25) is 4.90 Å². The van der Waals surface area contributed by atoms with E-state index in [1.54, 1.807) is 0 Å². The van der Waals surface area contributed by atoms with Gasteiger partial charge >= 0.3 is 0 Å². The van der Waals surface area contributed by atoms with Crippen LogP contribution in [0.25, 0.3) is 0 Å². The SMILES string of the molecule is CC(C)N1CCCC(O)C1. The largest absolute Gasteiger partial charge is 0.392 e. The van der Waals surface area contributed by atoms with Crippen molar-refractivity contribution in [3.63, 3.8) is 0 Å². The van der Waals surface area contributed by atoms with E-state index in [0.717, 1.165) is 25.9 Å². The fourth-order valence-electron chi connectivity index (χ4n) is 1.45. The lowest BCUT2D eigenvalue weighted by Gasteiger charge is -2.32. The van der Waals surface area contributed by atoms with Gasteiger partial charge in [-0.25, -0.2) is 0 Å². The first-order chi connectivity index (χ1) is 4.70. The number of aliphatic hydroxyl groups excluding tert-OH is 1. The van der Waals surface area contributed by atoms with Crippen molar-refractivity contribution < 1.29 is 5.11 Å². The number of aliphatic hydroxyl groups is 1. The van der Waals surface area contributed by atoms with E-state index in [1.807, 2.05) is 0 Å². The Morgan fingerprint density at radius 1 is 1.50 bits per heavy atom. The minimum absolute atomic E-state index is 0.0730. The molecule has 2 heteroatoms. The summed E-state index contributed by atoms with van der Waals surface area (Å²) in [5.74, 6) is 0. The second-order valence-corrected chi connectivity index (χ2v) is 3.38. The molecule has 0 bridgehead atoms. The molecule has 1 atom stereocenters. The Kier molecular flexibility index (Phi) is 2.69. The molecule has 1 unspecified atom stereocenters. The summed E-state index contributed by atoms with van der Waals surface area (Å²) < 4.78 is 0. The first-order valence-electron chi connectivity index (χ1n) is 4.12. The summed E-state index contributed by atoms with van der Waals surface area (Å²) in [6.07, 6.45) is 2.07. The summed E-state index contributed by atoms with van der Waals surface area (Å²) in [6.45, 7) is 6.39. The van der Waals surface area contributed by atoms with E-state index in [1.165, 1.54) is 0 Å². The molecular weight excluding hydrogens is 126 g/mol. The van der Waals surface area contributed by atoms with E-state index in [2.05, 4.69) is 18.7 Å². The Hall–Kier alpha value is -0.0800. The number of piperidine rings is 1. The van der Waals surface area contributed by atoms with Crippen molar-refractivity contribution in [1.82, 2.24) is 4.90 Å². The van der Waals surface area contributed by atoms with Crippen LogP contribution in [0.5, 0.6) is 0 Å². The molecule has 0 saturated carbocycles. The second kappa shape index (κ2) is 3.35. The van der Waals surface area contributed by atoms with Crippen LogP contribution in [-0.4, -0.2) is 35.2 Å². The third kappa shape index (κ3) is 1.96. The molecule has 1 aliphatic rings. The van der Waals surface area contributed by atoms with Crippen LogP contribution in [0.2, 0.25) is 0 Å². The van der Waals surface area contributed by atoms with Crippen LogP contribution in [0.4, 0.5) is 0 Å². The van der Waals surface area contributed by atoms with E-state index in [-0.39, 0.29) is 6.10 Å². The van der Waals surface area contributed by atoms with Crippen LogP contribution in [0, 0.1) is 0 Å². The highest BCUT2D eigenvalue weighted by Crippen LogP contribution is 2.11. The van der Waals surface area contributed by atoms with Crippen molar-refractivity contribution in [3.8, 4) is 0 Å². The Morgan fingerprint density at radius 2 is 2.20 bits per heavy atom. The lowest BCUT2D eigenvalue weighted by atomic mass is 10.1. The van der Waals surface area contributed by atoms with Crippen LogP contribution >= 0.6 is 0 Å². The molecular formula is C8H17NO. The minimum atomic E-state index is -0.0730. The van der Waals surface area contributed by atoms with E-state index < -0.39 is 0 Å². The van der Waals surface area contributed by atoms with Crippen molar-refractivity contribution in [2.45, 2.75) is 38.8 Å². The lowest BCUT2D eigenvalue weighted by Crippen LogP contribution is -2.42. The van der Waals surface area contributed by atoms with Gasteiger partial charge in [-0.2, -0.15) is 0 Å². The highest BCUT2D eigenvalue weighted by Gasteiger charge is 2.18. The fourth-order valence-corrected chi connectivity index (χ4v) is 1.45. The minimum Gasteiger partial charge on any atom is -0.392 e. The molecule has 1 aliphatic heterocycles. The van der Waals surface area contributed by atoms with Crippen LogP contribution < -0.4 is 0 Å². The van der Waals surface area contributed by atoms with Gasteiger partial charge < -0.3 is 5.11 Å². The monoisotopic (exact) mass is 143 g/mol. The van der Waals surface area contributed by atoms with Gasteiger partial charge in [0.1, 0.15) is 0 Å². The predicted octanol–water partition coefficient (Wildman–Crippen LogP) is 0.851. The summed E-state index contributed by atoms with van der Waals surface area (Å²) >= 11 is 0. The van der Waals surface area contributed by atoms with Crippen LogP contribution in [0.1, 0.15) is 26.7 Å². The van der Waals surface area contributed by atoms with Gasteiger partial charge in [0.2, 0.25) is 0 Å².